The lowest BCUT2D eigenvalue weighted by Crippen LogP contribution is -2.45. The smallest absolute Gasteiger partial charge is 0.191 e. The lowest BCUT2D eigenvalue weighted by Gasteiger charge is -2.24. The lowest BCUT2D eigenvalue weighted by molar-refractivity contribution is 0.0243. The molecule has 0 aliphatic carbocycles. The van der Waals surface area contributed by atoms with Gasteiger partial charge in [0, 0.05) is 32.8 Å². The maximum atomic E-state index is 5.78. The monoisotopic (exact) mass is 298 g/mol. The molecule has 124 valence electrons. The number of unbranched alkanes of at least 4 members (excludes halogenated alkanes) is 1. The summed E-state index contributed by atoms with van der Waals surface area (Å²) < 4.78 is 5.78. The highest BCUT2D eigenvalue weighted by atomic mass is 16.5. The van der Waals surface area contributed by atoms with Crippen LogP contribution in [0.1, 0.15) is 46.5 Å². The van der Waals surface area contributed by atoms with E-state index < -0.39 is 0 Å². The zero-order valence-corrected chi connectivity index (χ0v) is 14.5. The van der Waals surface area contributed by atoms with Crippen LogP contribution in [-0.2, 0) is 4.74 Å². The molecule has 1 unspecified atom stereocenters. The van der Waals surface area contributed by atoms with Crippen LogP contribution in [0.2, 0.25) is 0 Å². The van der Waals surface area contributed by atoms with Gasteiger partial charge in [-0.3, -0.25) is 4.99 Å². The summed E-state index contributed by atoms with van der Waals surface area (Å²) in [7, 11) is 4.00. The van der Waals surface area contributed by atoms with E-state index in [0.29, 0.717) is 6.04 Å². The number of rotatable bonds is 8. The molecule has 1 aliphatic heterocycles. The summed E-state index contributed by atoms with van der Waals surface area (Å²) in [6, 6.07) is 0.625. The van der Waals surface area contributed by atoms with Gasteiger partial charge in [0.15, 0.2) is 5.96 Å². The second kappa shape index (κ2) is 9.26. The summed E-state index contributed by atoms with van der Waals surface area (Å²) in [5, 5.41) is 6.75. The Morgan fingerprint density at radius 2 is 2.10 bits per heavy atom. The average Bonchev–Trinajstić information content (AvgIpc) is 2.88. The van der Waals surface area contributed by atoms with Crippen molar-refractivity contribution >= 4 is 5.96 Å². The van der Waals surface area contributed by atoms with Gasteiger partial charge in [0.1, 0.15) is 0 Å². The van der Waals surface area contributed by atoms with Crippen LogP contribution in [0, 0.1) is 0 Å². The zero-order chi connectivity index (χ0) is 15.7. The van der Waals surface area contributed by atoms with E-state index in [1.165, 1.54) is 6.42 Å². The molecule has 0 aromatic heterocycles. The molecule has 5 heteroatoms. The van der Waals surface area contributed by atoms with E-state index in [1.54, 1.807) is 0 Å². The first kappa shape index (κ1) is 18.2. The number of ether oxygens (including phenoxy) is 1. The summed E-state index contributed by atoms with van der Waals surface area (Å²) in [5.74, 6) is 0.879. The number of aliphatic imine (C=N–C) groups is 1. The van der Waals surface area contributed by atoms with Gasteiger partial charge in [0.25, 0.3) is 0 Å². The number of guanidine groups is 1. The first-order valence-corrected chi connectivity index (χ1v) is 8.25. The molecule has 5 nitrogen and oxygen atoms in total. The van der Waals surface area contributed by atoms with E-state index in [2.05, 4.69) is 48.3 Å². The largest absolute Gasteiger partial charge is 0.373 e. The normalized spacial score (nSPS) is 23.1. The van der Waals surface area contributed by atoms with Crippen LogP contribution in [0.5, 0.6) is 0 Å². The predicted octanol–water partition coefficient (Wildman–Crippen LogP) is 1.84. The minimum Gasteiger partial charge on any atom is -0.373 e. The van der Waals surface area contributed by atoms with Gasteiger partial charge in [-0.25, -0.2) is 0 Å². The van der Waals surface area contributed by atoms with Crippen molar-refractivity contribution in [3.05, 3.63) is 0 Å². The Morgan fingerprint density at radius 1 is 1.33 bits per heavy atom. The van der Waals surface area contributed by atoms with Gasteiger partial charge in [0.2, 0.25) is 0 Å². The molecule has 2 N–H and O–H groups in total. The van der Waals surface area contributed by atoms with Crippen molar-refractivity contribution in [3.63, 3.8) is 0 Å². The Hall–Kier alpha value is -0.810. The van der Waals surface area contributed by atoms with Crippen molar-refractivity contribution in [2.24, 2.45) is 4.99 Å². The molecule has 1 saturated heterocycles. The molecule has 1 atom stereocenters. The first-order valence-electron chi connectivity index (χ1n) is 8.25. The Bertz CT molecular complexity index is 311. The highest BCUT2D eigenvalue weighted by Gasteiger charge is 2.29. The summed E-state index contributed by atoms with van der Waals surface area (Å²) in [4.78, 5) is 6.65. The Balaban J connectivity index is 2.11. The number of nitrogens with zero attached hydrogens (tertiary/aromatic N) is 2. The maximum Gasteiger partial charge on any atom is 0.191 e. The SMILES string of the molecule is CN=C(NCCCCN(C)C(C)C)NCC1(C)CCCO1. The quantitative estimate of drug-likeness (QED) is 0.408. The highest BCUT2D eigenvalue weighted by molar-refractivity contribution is 5.79. The fraction of sp³-hybridized carbons (Fsp3) is 0.938. The van der Waals surface area contributed by atoms with Gasteiger partial charge in [-0.15, -0.1) is 0 Å². The molecule has 0 spiro atoms. The van der Waals surface area contributed by atoms with Gasteiger partial charge in [-0.1, -0.05) is 0 Å². The molecular weight excluding hydrogens is 264 g/mol. The summed E-state index contributed by atoms with van der Waals surface area (Å²) in [6.07, 6.45) is 4.65. The van der Waals surface area contributed by atoms with Crippen LogP contribution < -0.4 is 10.6 Å². The van der Waals surface area contributed by atoms with E-state index in [9.17, 15) is 0 Å². The van der Waals surface area contributed by atoms with E-state index in [1.807, 2.05) is 7.05 Å². The fourth-order valence-corrected chi connectivity index (χ4v) is 2.42. The third-order valence-corrected chi connectivity index (χ3v) is 4.27. The van der Waals surface area contributed by atoms with E-state index in [-0.39, 0.29) is 5.60 Å². The number of nitrogens with one attached hydrogen (secondary N) is 2. The van der Waals surface area contributed by atoms with Crippen molar-refractivity contribution in [1.82, 2.24) is 15.5 Å². The van der Waals surface area contributed by atoms with Crippen LogP contribution in [0.3, 0.4) is 0 Å². The fourth-order valence-electron chi connectivity index (χ4n) is 2.42. The third kappa shape index (κ3) is 7.14. The number of hydrogen-bond donors (Lipinski definition) is 2. The molecule has 1 fully saturated rings. The Kier molecular flexibility index (Phi) is 8.04. The van der Waals surface area contributed by atoms with Crippen LogP contribution in [0.15, 0.2) is 4.99 Å². The molecule has 21 heavy (non-hydrogen) atoms. The summed E-state index contributed by atoms with van der Waals surface area (Å²) >= 11 is 0. The van der Waals surface area contributed by atoms with E-state index in [4.69, 9.17) is 4.74 Å². The van der Waals surface area contributed by atoms with Crippen LogP contribution in [0.25, 0.3) is 0 Å². The second-order valence-corrected chi connectivity index (χ2v) is 6.54. The first-order chi connectivity index (χ1) is 9.97. The highest BCUT2D eigenvalue weighted by Crippen LogP contribution is 2.23. The van der Waals surface area contributed by atoms with Crippen LogP contribution >= 0.6 is 0 Å². The van der Waals surface area contributed by atoms with Crippen molar-refractivity contribution < 1.29 is 4.74 Å². The molecule has 0 amide bonds. The topological polar surface area (TPSA) is 48.9 Å². The summed E-state index contributed by atoms with van der Waals surface area (Å²) in [6.45, 7) is 10.4. The molecule has 1 aliphatic rings. The van der Waals surface area contributed by atoms with Crippen molar-refractivity contribution in [2.45, 2.75) is 58.1 Å². The molecule has 0 bridgehead atoms. The van der Waals surface area contributed by atoms with Crippen LogP contribution in [-0.4, -0.2) is 62.8 Å². The average molecular weight is 298 g/mol. The minimum absolute atomic E-state index is 0.0302. The van der Waals surface area contributed by atoms with Gasteiger partial charge in [0.05, 0.1) is 5.60 Å². The minimum atomic E-state index is -0.0302. The zero-order valence-electron chi connectivity index (χ0n) is 14.5. The van der Waals surface area contributed by atoms with E-state index >= 15 is 0 Å². The predicted molar refractivity (Wildman–Crippen MR) is 90.0 cm³/mol. The Morgan fingerprint density at radius 3 is 2.67 bits per heavy atom. The maximum absolute atomic E-state index is 5.78. The second-order valence-electron chi connectivity index (χ2n) is 6.54. The molecule has 0 saturated carbocycles. The van der Waals surface area contributed by atoms with Gasteiger partial charge >= 0.3 is 0 Å². The third-order valence-electron chi connectivity index (χ3n) is 4.27. The molecule has 1 rings (SSSR count). The molecule has 0 radical (unpaired) electrons. The van der Waals surface area contributed by atoms with Gasteiger partial charge in [-0.05, 0) is 60.0 Å². The van der Waals surface area contributed by atoms with Crippen LogP contribution in [0.4, 0.5) is 0 Å². The molecule has 1 heterocycles. The van der Waals surface area contributed by atoms with Crippen molar-refractivity contribution in [1.29, 1.82) is 0 Å². The number of hydrogen-bond acceptors (Lipinski definition) is 3. The van der Waals surface area contributed by atoms with Gasteiger partial charge < -0.3 is 20.3 Å². The summed E-state index contributed by atoms with van der Waals surface area (Å²) in [5.41, 5.74) is -0.0302. The lowest BCUT2D eigenvalue weighted by atomic mass is 10.0. The Labute approximate surface area is 130 Å². The molecule has 0 aromatic rings. The van der Waals surface area contributed by atoms with Crippen molar-refractivity contribution in [2.75, 3.05) is 40.3 Å². The van der Waals surface area contributed by atoms with Gasteiger partial charge in [-0.2, -0.15) is 0 Å². The molecule has 0 aromatic carbocycles. The van der Waals surface area contributed by atoms with E-state index in [0.717, 1.165) is 51.5 Å². The standard InChI is InChI=1S/C16H34N4O/c1-14(2)20(5)11-7-6-10-18-15(17-4)19-13-16(3)9-8-12-21-16/h14H,6-13H2,1-5H3,(H2,17,18,19). The van der Waals surface area contributed by atoms with Crippen molar-refractivity contribution in [3.8, 4) is 0 Å². The molecular formula is C16H34N4O.